The van der Waals surface area contributed by atoms with Crippen molar-refractivity contribution in [3.63, 3.8) is 0 Å². The van der Waals surface area contributed by atoms with E-state index < -0.39 is 0 Å². The lowest BCUT2D eigenvalue weighted by molar-refractivity contribution is 0.262. The Kier molecular flexibility index (Phi) is 5.20. The fourth-order valence-corrected chi connectivity index (χ4v) is 3.86. The second-order valence-electron chi connectivity index (χ2n) is 5.65. The van der Waals surface area contributed by atoms with Gasteiger partial charge >= 0.3 is 6.03 Å². The molecule has 2 amide bonds. The number of aryl methyl sites for hydroxylation is 2. The minimum atomic E-state index is -0.319. The highest BCUT2D eigenvalue weighted by Crippen LogP contribution is 2.30. The highest BCUT2D eigenvalue weighted by Gasteiger charge is 2.15. The van der Waals surface area contributed by atoms with E-state index in [4.69, 9.17) is 11.6 Å². The number of carbonyl (C=O) groups is 1. The third kappa shape index (κ3) is 3.79. The summed E-state index contributed by atoms with van der Waals surface area (Å²) in [5.74, 6) is 2.23. The number of hydrogen-bond donors (Lipinski definition) is 3. The van der Waals surface area contributed by atoms with E-state index in [2.05, 4.69) is 25.7 Å². The molecule has 8 heteroatoms. The van der Waals surface area contributed by atoms with Gasteiger partial charge < -0.3 is 15.5 Å². The van der Waals surface area contributed by atoms with Crippen molar-refractivity contribution in [1.29, 1.82) is 0 Å². The van der Waals surface area contributed by atoms with Gasteiger partial charge in [0, 0.05) is 30.3 Å². The summed E-state index contributed by atoms with van der Waals surface area (Å²) in [5, 5.41) is 13.2. The molecule has 0 atom stereocenters. The van der Waals surface area contributed by atoms with Gasteiger partial charge in [-0.05, 0) is 32.0 Å². The average molecular weight is 366 g/mol. The van der Waals surface area contributed by atoms with Gasteiger partial charge in [-0.2, -0.15) is 16.9 Å². The van der Waals surface area contributed by atoms with Crippen LogP contribution in [-0.4, -0.2) is 40.8 Å². The summed E-state index contributed by atoms with van der Waals surface area (Å²) in [6.45, 7) is 5.69. The molecule has 0 unspecified atom stereocenters. The first-order valence-corrected chi connectivity index (χ1v) is 9.29. The van der Waals surface area contributed by atoms with Crippen LogP contribution in [0.4, 0.5) is 21.9 Å². The average Bonchev–Trinajstić information content (AvgIpc) is 2.88. The van der Waals surface area contributed by atoms with E-state index in [9.17, 15) is 4.79 Å². The number of carbonyl (C=O) groups excluding carboxylic acids is 1. The monoisotopic (exact) mass is 365 g/mol. The molecular formula is C16H20ClN5OS. The molecule has 3 N–H and O–H groups in total. The lowest BCUT2D eigenvalue weighted by atomic mass is 10.2. The maximum absolute atomic E-state index is 12.2. The molecule has 6 nitrogen and oxygen atoms in total. The highest BCUT2D eigenvalue weighted by atomic mass is 35.5. The largest absolute Gasteiger partial charge is 0.369 e. The Morgan fingerprint density at radius 2 is 2.04 bits per heavy atom. The number of H-pyrrole nitrogens is 1. The van der Waals surface area contributed by atoms with E-state index >= 15 is 0 Å². The molecule has 24 heavy (non-hydrogen) atoms. The van der Waals surface area contributed by atoms with Crippen LogP contribution in [0, 0.1) is 13.8 Å². The van der Waals surface area contributed by atoms with E-state index in [0.29, 0.717) is 16.4 Å². The molecule has 1 aliphatic rings. The van der Waals surface area contributed by atoms with Crippen LogP contribution in [0.3, 0.4) is 0 Å². The fraction of sp³-hybridized carbons (Fsp3) is 0.375. The molecule has 3 rings (SSSR count). The quantitative estimate of drug-likeness (QED) is 0.771. The minimum absolute atomic E-state index is 0.319. The minimum Gasteiger partial charge on any atom is -0.369 e. The standard InChI is InChI=1S/C16H20ClN5OS/c1-10-15(11(2)21-20-10)19-16(23)18-12-3-4-14(13(17)9-12)22-5-7-24-8-6-22/h3-4,9H,5-8H2,1-2H3,(H,20,21)(H2,18,19,23). The second kappa shape index (κ2) is 7.36. The third-order valence-electron chi connectivity index (χ3n) is 3.92. The number of hydrogen-bond acceptors (Lipinski definition) is 4. The predicted octanol–water partition coefficient (Wildman–Crippen LogP) is 3.88. The van der Waals surface area contributed by atoms with E-state index in [-0.39, 0.29) is 6.03 Å². The first kappa shape index (κ1) is 17.0. The van der Waals surface area contributed by atoms with Crippen LogP contribution in [0.5, 0.6) is 0 Å². The van der Waals surface area contributed by atoms with Crippen molar-refractivity contribution in [2.45, 2.75) is 13.8 Å². The number of anilines is 3. The molecule has 1 fully saturated rings. The Morgan fingerprint density at radius 1 is 1.29 bits per heavy atom. The third-order valence-corrected chi connectivity index (χ3v) is 5.17. The van der Waals surface area contributed by atoms with Gasteiger partial charge in [-0.15, -0.1) is 0 Å². The number of halogens is 1. The van der Waals surface area contributed by atoms with E-state index in [1.807, 2.05) is 37.7 Å². The summed E-state index contributed by atoms with van der Waals surface area (Å²) in [4.78, 5) is 14.4. The van der Waals surface area contributed by atoms with Gasteiger partial charge in [0.2, 0.25) is 0 Å². The van der Waals surface area contributed by atoms with Crippen LogP contribution in [0.15, 0.2) is 18.2 Å². The summed E-state index contributed by atoms with van der Waals surface area (Å²) >= 11 is 8.36. The van der Waals surface area contributed by atoms with Crippen molar-refractivity contribution >= 4 is 46.5 Å². The second-order valence-corrected chi connectivity index (χ2v) is 7.29. The first-order chi connectivity index (χ1) is 11.5. The number of nitrogens with zero attached hydrogens (tertiary/aromatic N) is 2. The highest BCUT2D eigenvalue weighted by molar-refractivity contribution is 7.99. The normalized spacial score (nSPS) is 14.5. The Hall–Kier alpha value is -1.86. The van der Waals surface area contributed by atoms with E-state index in [0.717, 1.165) is 41.7 Å². The van der Waals surface area contributed by atoms with Crippen LogP contribution in [0.25, 0.3) is 0 Å². The number of aromatic amines is 1. The Balaban J connectivity index is 1.67. The number of urea groups is 1. The molecule has 0 radical (unpaired) electrons. The molecule has 1 saturated heterocycles. The van der Waals surface area contributed by atoms with Crippen LogP contribution in [0.1, 0.15) is 11.4 Å². The summed E-state index contributed by atoms with van der Waals surface area (Å²) < 4.78 is 0. The van der Waals surface area contributed by atoms with Crippen LogP contribution in [0.2, 0.25) is 5.02 Å². The number of nitrogens with one attached hydrogen (secondary N) is 3. The summed E-state index contributed by atoms with van der Waals surface area (Å²) in [7, 11) is 0. The number of aromatic nitrogens is 2. The molecule has 0 spiro atoms. The first-order valence-electron chi connectivity index (χ1n) is 7.76. The van der Waals surface area contributed by atoms with Crippen LogP contribution < -0.4 is 15.5 Å². The maximum atomic E-state index is 12.2. The topological polar surface area (TPSA) is 73.0 Å². The zero-order valence-electron chi connectivity index (χ0n) is 13.6. The van der Waals surface area contributed by atoms with Crippen molar-refractivity contribution < 1.29 is 4.79 Å². The van der Waals surface area contributed by atoms with Gasteiger partial charge in [-0.1, -0.05) is 11.6 Å². The number of rotatable bonds is 3. The lowest BCUT2D eigenvalue weighted by Crippen LogP contribution is -2.32. The van der Waals surface area contributed by atoms with Gasteiger partial charge in [-0.25, -0.2) is 4.79 Å². The Bertz CT molecular complexity index is 723. The molecule has 2 aromatic rings. The van der Waals surface area contributed by atoms with Gasteiger partial charge in [0.15, 0.2) is 0 Å². The lowest BCUT2D eigenvalue weighted by Gasteiger charge is -2.29. The Morgan fingerprint density at radius 3 is 2.67 bits per heavy atom. The predicted molar refractivity (Wildman–Crippen MR) is 102 cm³/mol. The maximum Gasteiger partial charge on any atom is 0.323 e. The number of benzene rings is 1. The molecule has 2 heterocycles. The van der Waals surface area contributed by atoms with Gasteiger partial charge in [0.1, 0.15) is 0 Å². The molecule has 1 aromatic heterocycles. The number of amides is 2. The van der Waals surface area contributed by atoms with Crippen LogP contribution in [-0.2, 0) is 0 Å². The van der Waals surface area contributed by atoms with Crippen molar-refractivity contribution in [2.24, 2.45) is 0 Å². The van der Waals surface area contributed by atoms with Crippen LogP contribution >= 0.6 is 23.4 Å². The summed E-state index contributed by atoms with van der Waals surface area (Å²) in [5.41, 5.74) is 3.94. The van der Waals surface area contributed by atoms with Crippen molar-refractivity contribution in [2.75, 3.05) is 40.1 Å². The molecule has 0 bridgehead atoms. The molecule has 1 aliphatic heterocycles. The smallest absolute Gasteiger partial charge is 0.323 e. The van der Waals surface area contributed by atoms with Crippen molar-refractivity contribution in [3.8, 4) is 0 Å². The SMILES string of the molecule is Cc1n[nH]c(C)c1NC(=O)Nc1ccc(N2CCSCC2)c(Cl)c1. The molecular weight excluding hydrogens is 346 g/mol. The fourth-order valence-electron chi connectivity index (χ4n) is 2.66. The Labute approximate surface area is 150 Å². The molecule has 0 aliphatic carbocycles. The van der Waals surface area contributed by atoms with Gasteiger partial charge in [0.25, 0.3) is 0 Å². The summed E-state index contributed by atoms with van der Waals surface area (Å²) in [6.07, 6.45) is 0. The van der Waals surface area contributed by atoms with E-state index in [1.54, 1.807) is 6.07 Å². The molecule has 128 valence electrons. The van der Waals surface area contributed by atoms with Crippen molar-refractivity contribution in [1.82, 2.24) is 10.2 Å². The van der Waals surface area contributed by atoms with Crippen molar-refractivity contribution in [3.05, 3.63) is 34.6 Å². The summed E-state index contributed by atoms with van der Waals surface area (Å²) in [6, 6.07) is 5.30. The molecule has 1 aromatic carbocycles. The zero-order valence-corrected chi connectivity index (χ0v) is 15.2. The van der Waals surface area contributed by atoms with E-state index in [1.165, 1.54) is 0 Å². The molecule has 0 saturated carbocycles. The van der Waals surface area contributed by atoms with Gasteiger partial charge in [-0.3, -0.25) is 5.10 Å². The zero-order chi connectivity index (χ0) is 17.1. The van der Waals surface area contributed by atoms with Gasteiger partial charge in [0.05, 0.1) is 27.8 Å². The number of thioether (sulfide) groups is 1.